The molecule has 1 atom stereocenters. The highest BCUT2D eigenvalue weighted by atomic mass is 32.1. The maximum absolute atomic E-state index is 11.7. The zero-order valence-corrected chi connectivity index (χ0v) is 9.57. The largest absolute Gasteiger partial charge is 0.411 e. The quantitative estimate of drug-likeness (QED) is 0.820. The summed E-state index contributed by atoms with van der Waals surface area (Å²) >= 11 is 1.40. The molecule has 7 heteroatoms. The number of thiazole rings is 1. The molecule has 0 aliphatic heterocycles. The van der Waals surface area contributed by atoms with Gasteiger partial charge in [-0.15, -0.1) is 11.3 Å². The van der Waals surface area contributed by atoms with Crippen LogP contribution in [0, 0.1) is 0 Å². The Morgan fingerprint density at radius 1 is 1.56 bits per heavy atom. The summed E-state index contributed by atoms with van der Waals surface area (Å²) in [7, 11) is 0. The molecule has 0 spiro atoms. The third kappa shape index (κ3) is 4.91. The van der Waals surface area contributed by atoms with E-state index in [1.54, 1.807) is 6.20 Å². The van der Waals surface area contributed by atoms with E-state index in [9.17, 15) is 13.2 Å². The molecule has 0 fully saturated rings. The molecule has 0 saturated carbocycles. The zero-order chi connectivity index (χ0) is 12.2. The predicted octanol–water partition coefficient (Wildman–Crippen LogP) is 2.28. The molecular formula is C9H13F3N2OS. The molecule has 1 aromatic heterocycles. The molecular weight excluding hydrogens is 241 g/mol. The summed E-state index contributed by atoms with van der Waals surface area (Å²) in [5.74, 6) is 0. The summed E-state index contributed by atoms with van der Waals surface area (Å²) in [5.41, 5.74) is 5.63. The van der Waals surface area contributed by atoms with Gasteiger partial charge in [-0.05, 0) is 6.92 Å². The van der Waals surface area contributed by atoms with E-state index >= 15 is 0 Å². The number of hydrogen-bond acceptors (Lipinski definition) is 4. The molecule has 0 bridgehead atoms. The number of hydrogen-bond donors (Lipinski definition) is 1. The van der Waals surface area contributed by atoms with Crippen molar-refractivity contribution in [3.63, 3.8) is 0 Å². The van der Waals surface area contributed by atoms with Crippen LogP contribution in [0.25, 0.3) is 0 Å². The van der Waals surface area contributed by atoms with Crippen LogP contribution in [0.3, 0.4) is 0 Å². The lowest BCUT2D eigenvalue weighted by Crippen LogP contribution is -2.17. The standard InChI is InChI=1S/C9H13F3N2OS/c1-6(13)7-4-14-8(16-7)2-3-15-5-9(10,11)12/h4,6H,2-3,5,13H2,1H3. The van der Waals surface area contributed by atoms with Crippen LogP contribution < -0.4 is 5.73 Å². The van der Waals surface area contributed by atoms with E-state index in [2.05, 4.69) is 9.72 Å². The monoisotopic (exact) mass is 254 g/mol. The molecule has 1 unspecified atom stereocenters. The highest BCUT2D eigenvalue weighted by Gasteiger charge is 2.27. The van der Waals surface area contributed by atoms with Crippen LogP contribution >= 0.6 is 11.3 Å². The highest BCUT2D eigenvalue weighted by Crippen LogP contribution is 2.19. The van der Waals surface area contributed by atoms with Crippen molar-refractivity contribution in [1.29, 1.82) is 0 Å². The normalized spacial score (nSPS) is 14.1. The molecule has 0 saturated heterocycles. The Bertz CT molecular complexity index is 325. The molecule has 0 aliphatic rings. The van der Waals surface area contributed by atoms with Crippen molar-refractivity contribution < 1.29 is 17.9 Å². The number of nitrogens with two attached hydrogens (primary N) is 1. The van der Waals surface area contributed by atoms with E-state index in [0.29, 0.717) is 6.42 Å². The summed E-state index contributed by atoms with van der Waals surface area (Å²) in [4.78, 5) is 4.97. The summed E-state index contributed by atoms with van der Waals surface area (Å²) < 4.78 is 39.7. The molecule has 1 heterocycles. The summed E-state index contributed by atoms with van der Waals surface area (Å²) in [5, 5.41) is 0.745. The van der Waals surface area contributed by atoms with Crippen LogP contribution in [0.1, 0.15) is 22.9 Å². The number of aromatic nitrogens is 1. The van der Waals surface area contributed by atoms with Gasteiger partial charge in [0.1, 0.15) is 6.61 Å². The molecule has 2 N–H and O–H groups in total. The van der Waals surface area contributed by atoms with E-state index in [0.717, 1.165) is 9.88 Å². The van der Waals surface area contributed by atoms with Gasteiger partial charge in [-0.1, -0.05) is 0 Å². The molecule has 0 radical (unpaired) electrons. The fraction of sp³-hybridized carbons (Fsp3) is 0.667. The van der Waals surface area contributed by atoms with Gasteiger partial charge in [0.25, 0.3) is 0 Å². The number of rotatable bonds is 5. The minimum absolute atomic E-state index is 0.0193. The summed E-state index contributed by atoms with van der Waals surface area (Å²) in [6.07, 6.45) is -2.23. The smallest absolute Gasteiger partial charge is 0.372 e. The molecule has 1 rings (SSSR count). The minimum atomic E-state index is -4.26. The lowest BCUT2D eigenvalue weighted by Gasteiger charge is -2.06. The Labute approximate surface area is 95.4 Å². The third-order valence-corrected chi connectivity index (χ3v) is 3.00. The molecule has 16 heavy (non-hydrogen) atoms. The van der Waals surface area contributed by atoms with Crippen LogP contribution in [0.4, 0.5) is 13.2 Å². The summed E-state index contributed by atoms with van der Waals surface area (Å²) in [6, 6.07) is -0.0951. The van der Waals surface area contributed by atoms with Gasteiger partial charge in [-0.2, -0.15) is 13.2 Å². The van der Waals surface area contributed by atoms with Crippen LogP contribution in [0.5, 0.6) is 0 Å². The van der Waals surface area contributed by atoms with Gasteiger partial charge in [0, 0.05) is 23.5 Å². The van der Waals surface area contributed by atoms with Gasteiger partial charge in [0.05, 0.1) is 11.6 Å². The first-order chi connectivity index (χ1) is 7.38. The van der Waals surface area contributed by atoms with Gasteiger partial charge < -0.3 is 10.5 Å². The number of halogens is 3. The molecule has 0 aliphatic carbocycles. The predicted molar refractivity (Wildman–Crippen MR) is 55.3 cm³/mol. The number of nitrogens with zero attached hydrogens (tertiary/aromatic N) is 1. The van der Waals surface area contributed by atoms with Crippen LogP contribution in [0.2, 0.25) is 0 Å². The van der Waals surface area contributed by atoms with Crippen LogP contribution in [0.15, 0.2) is 6.20 Å². The minimum Gasteiger partial charge on any atom is -0.372 e. The maximum Gasteiger partial charge on any atom is 0.411 e. The van der Waals surface area contributed by atoms with Crippen molar-refractivity contribution >= 4 is 11.3 Å². The van der Waals surface area contributed by atoms with Crippen molar-refractivity contribution in [1.82, 2.24) is 4.98 Å². The fourth-order valence-electron chi connectivity index (χ4n) is 0.998. The Morgan fingerprint density at radius 2 is 2.25 bits per heavy atom. The van der Waals surface area contributed by atoms with Crippen LogP contribution in [-0.4, -0.2) is 24.4 Å². The van der Waals surface area contributed by atoms with E-state index in [1.807, 2.05) is 6.92 Å². The molecule has 1 aromatic rings. The maximum atomic E-state index is 11.7. The Balaban J connectivity index is 2.27. The van der Waals surface area contributed by atoms with Gasteiger partial charge >= 0.3 is 6.18 Å². The van der Waals surface area contributed by atoms with Crippen molar-refractivity contribution in [2.45, 2.75) is 25.6 Å². The second kappa shape index (κ2) is 5.60. The van der Waals surface area contributed by atoms with Crippen molar-refractivity contribution in [3.8, 4) is 0 Å². The van der Waals surface area contributed by atoms with Crippen molar-refractivity contribution in [2.24, 2.45) is 5.73 Å². The van der Waals surface area contributed by atoms with Crippen LogP contribution in [-0.2, 0) is 11.2 Å². The lowest BCUT2D eigenvalue weighted by molar-refractivity contribution is -0.173. The SMILES string of the molecule is CC(N)c1cnc(CCOCC(F)(F)F)s1. The van der Waals surface area contributed by atoms with Crippen molar-refractivity contribution in [3.05, 3.63) is 16.1 Å². The van der Waals surface area contributed by atoms with E-state index < -0.39 is 12.8 Å². The Kier molecular flexibility index (Phi) is 4.69. The van der Waals surface area contributed by atoms with E-state index in [4.69, 9.17) is 5.73 Å². The number of ether oxygens (including phenoxy) is 1. The van der Waals surface area contributed by atoms with E-state index in [1.165, 1.54) is 11.3 Å². The van der Waals surface area contributed by atoms with Gasteiger partial charge in [-0.3, -0.25) is 0 Å². The number of alkyl halides is 3. The average molecular weight is 254 g/mol. The van der Waals surface area contributed by atoms with E-state index in [-0.39, 0.29) is 12.6 Å². The zero-order valence-electron chi connectivity index (χ0n) is 8.75. The van der Waals surface area contributed by atoms with Crippen molar-refractivity contribution in [2.75, 3.05) is 13.2 Å². The van der Waals surface area contributed by atoms with Gasteiger partial charge in [0.2, 0.25) is 0 Å². The topological polar surface area (TPSA) is 48.1 Å². The molecule has 3 nitrogen and oxygen atoms in total. The highest BCUT2D eigenvalue weighted by molar-refractivity contribution is 7.11. The van der Waals surface area contributed by atoms with Gasteiger partial charge in [0.15, 0.2) is 0 Å². The fourth-order valence-corrected chi connectivity index (χ4v) is 1.85. The second-order valence-corrected chi connectivity index (χ2v) is 4.51. The molecule has 0 aromatic carbocycles. The first-order valence-corrected chi connectivity index (χ1v) is 5.55. The second-order valence-electron chi connectivity index (χ2n) is 3.36. The first-order valence-electron chi connectivity index (χ1n) is 4.73. The Morgan fingerprint density at radius 3 is 2.75 bits per heavy atom. The first kappa shape index (κ1) is 13.4. The third-order valence-electron chi connectivity index (χ3n) is 1.75. The van der Waals surface area contributed by atoms with Gasteiger partial charge in [-0.25, -0.2) is 4.98 Å². The average Bonchev–Trinajstić information content (AvgIpc) is 2.59. The lowest BCUT2D eigenvalue weighted by atomic mass is 10.3. The molecule has 0 amide bonds. The molecule has 92 valence electrons. The Hall–Kier alpha value is -0.660. The summed E-state index contributed by atoms with van der Waals surface area (Å²) in [6.45, 7) is 0.640.